The van der Waals surface area contributed by atoms with Crippen molar-refractivity contribution in [1.82, 2.24) is 5.32 Å². The third kappa shape index (κ3) is 2.18. The molecule has 1 unspecified atom stereocenters. The second-order valence-corrected chi connectivity index (χ2v) is 3.59. The van der Waals surface area contributed by atoms with Gasteiger partial charge in [0.1, 0.15) is 5.75 Å². The molecule has 78 valence electrons. The number of halogens is 1. The number of nitrogens with one attached hydrogen (secondary N) is 1. The van der Waals surface area contributed by atoms with Crippen LogP contribution in [0.4, 0.5) is 0 Å². The molecule has 0 saturated heterocycles. The Bertz CT molecular complexity index is 328. The summed E-state index contributed by atoms with van der Waals surface area (Å²) in [6.45, 7) is 2.16. The van der Waals surface area contributed by atoms with Crippen molar-refractivity contribution in [3.63, 3.8) is 0 Å². The van der Waals surface area contributed by atoms with Gasteiger partial charge in [0.15, 0.2) is 0 Å². The van der Waals surface area contributed by atoms with Crippen LogP contribution in [0.3, 0.4) is 0 Å². The van der Waals surface area contributed by atoms with Gasteiger partial charge in [-0.3, -0.25) is 0 Å². The highest BCUT2D eigenvalue weighted by atomic mass is 35.5. The second kappa shape index (κ2) is 4.64. The molecule has 0 saturated carbocycles. The zero-order valence-corrected chi connectivity index (χ0v) is 8.97. The quantitative estimate of drug-likeness (QED) is 0.718. The molecule has 0 amide bonds. The molecule has 0 radical (unpaired) electrons. The van der Waals surface area contributed by atoms with E-state index in [1.54, 1.807) is 20.0 Å². The van der Waals surface area contributed by atoms with Crippen LogP contribution in [0, 0.1) is 6.92 Å². The first-order valence-electron chi connectivity index (χ1n) is 4.38. The Kier molecular flexibility index (Phi) is 3.75. The van der Waals surface area contributed by atoms with Crippen LogP contribution < -0.4 is 5.32 Å². The molecule has 0 aliphatic carbocycles. The smallest absolute Gasteiger partial charge is 0.121 e. The molecule has 1 atom stereocenters. The van der Waals surface area contributed by atoms with E-state index in [1.807, 2.05) is 0 Å². The summed E-state index contributed by atoms with van der Waals surface area (Å²) in [4.78, 5) is 0. The number of phenolic OH excluding ortho intramolecular Hbond substituents is 1. The first-order valence-corrected chi connectivity index (χ1v) is 4.76. The summed E-state index contributed by atoms with van der Waals surface area (Å²) in [7, 11) is 1.74. The number of hydrogen-bond donors (Lipinski definition) is 3. The van der Waals surface area contributed by atoms with Gasteiger partial charge < -0.3 is 15.5 Å². The van der Waals surface area contributed by atoms with E-state index in [0.717, 1.165) is 5.56 Å². The van der Waals surface area contributed by atoms with Crippen molar-refractivity contribution in [2.75, 3.05) is 13.6 Å². The topological polar surface area (TPSA) is 52.5 Å². The predicted molar refractivity (Wildman–Crippen MR) is 56.7 cm³/mol. The first kappa shape index (κ1) is 11.3. The van der Waals surface area contributed by atoms with Crippen molar-refractivity contribution in [3.05, 3.63) is 28.3 Å². The number of aliphatic hydroxyl groups excluding tert-OH is 1. The van der Waals surface area contributed by atoms with Gasteiger partial charge in [0.25, 0.3) is 0 Å². The summed E-state index contributed by atoms with van der Waals surface area (Å²) in [5, 5.41) is 22.7. The highest BCUT2D eigenvalue weighted by Crippen LogP contribution is 2.31. The van der Waals surface area contributed by atoms with Crippen molar-refractivity contribution in [2.45, 2.75) is 13.0 Å². The molecule has 4 heteroatoms. The van der Waals surface area contributed by atoms with E-state index < -0.39 is 6.10 Å². The average Bonchev–Trinajstić information content (AvgIpc) is 2.13. The highest BCUT2D eigenvalue weighted by Gasteiger charge is 2.15. The van der Waals surface area contributed by atoms with E-state index in [1.165, 1.54) is 6.07 Å². The average molecular weight is 216 g/mol. The number of hydrogen-bond acceptors (Lipinski definition) is 3. The third-order valence-corrected chi connectivity index (χ3v) is 2.57. The molecule has 0 aromatic heterocycles. The SMILES string of the molecule is CNCC(O)c1c(O)ccc(Cl)c1C. The van der Waals surface area contributed by atoms with Gasteiger partial charge in [0, 0.05) is 17.1 Å². The minimum Gasteiger partial charge on any atom is -0.508 e. The van der Waals surface area contributed by atoms with Crippen molar-refractivity contribution >= 4 is 11.6 Å². The molecule has 0 aliphatic heterocycles. The van der Waals surface area contributed by atoms with Gasteiger partial charge in [-0.25, -0.2) is 0 Å². The fourth-order valence-corrected chi connectivity index (χ4v) is 1.57. The highest BCUT2D eigenvalue weighted by molar-refractivity contribution is 6.31. The lowest BCUT2D eigenvalue weighted by Gasteiger charge is -2.15. The number of aromatic hydroxyl groups is 1. The number of likely N-dealkylation sites (N-methyl/N-ethyl adjacent to an activating group) is 1. The van der Waals surface area contributed by atoms with Gasteiger partial charge in [-0.2, -0.15) is 0 Å². The zero-order chi connectivity index (χ0) is 10.7. The zero-order valence-electron chi connectivity index (χ0n) is 8.21. The summed E-state index contributed by atoms with van der Waals surface area (Å²) < 4.78 is 0. The summed E-state index contributed by atoms with van der Waals surface area (Å²) in [5.74, 6) is 0.0784. The van der Waals surface area contributed by atoms with E-state index in [2.05, 4.69) is 5.32 Å². The molecule has 3 nitrogen and oxygen atoms in total. The van der Waals surface area contributed by atoms with Gasteiger partial charge in [0.05, 0.1) is 6.10 Å². The van der Waals surface area contributed by atoms with E-state index >= 15 is 0 Å². The maximum absolute atomic E-state index is 9.73. The van der Waals surface area contributed by atoms with E-state index in [0.29, 0.717) is 17.1 Å². The Morgan fingerprint density at radius 2 is 2.14 bits per heavy atom. The Hall–Kier alpha value is -0.770. The van der Waals surface area contributed by atoms with Crippen LogP contribution in [0.5, 0.6) is 5.75 Å². The molecular weight excluding hydrogens is 202 g/mol. The monoisotopic (exact) mass is 215 g/mol. The van der Waals surface area contributed by atoms with Crippen LogP contribution in [0.2, 0.25) is 5.02 Å². The molecule has 1 aromatic rings. The number of benzene rings is 1. The fraction of sp³-hybridized carbons (Fsp3) is 0.400. The lowest BCUT2D eigenvalue weighted by molar-refractivity contribution is 0.173. The van der Waals surface area contributed by atoms with Crippen molar-refractivity contribution < 1.29 is 10.2 Å². The lowest BCUT2D eigenvalue weighted by atomic mass is 10.0. The Labute approximate surface area is 88.3 Å². The first-order chi connectivity index (χ1) is 6.57. The molecule has 3 N–H and O–H groups in total. The minimum atomic E-state index is -0.737. The summed E-state index contributed by atoms with van der Waals surface area (Å²) in [6, 6.07) is 3.10. The molecule has 14 heavy (non-hydrogen) atoms. The Morgan fingerprint density at radius 3 is 2.71 bits per heavy atom. The normalized spacial score (nSPS) is 12.9. The lowest BCUT2D eigenvalue weighted by Crippen LogP contribution is -2.17. The Balaban J connectivity index is 3.11. The molecule has 0 bridgehead atoms. The van der Waals surface area contributed by atoms with Crippen LogP contribution in [0.1, 0.15) is 17.2 Å². The van der Waals surface area contributed by atoms with Gasteiger partial charge in [-0.1, -0.05) is 11.6 Å². The number of aliphatic hydroxyl groups is 1. The van der Waals surface area contributed by atoms with Crippen molar-refractivity contribution in [2.24, 2.45) is 0 Å². The molecule has 0 spiro atoms. The minimum absolute atomic E-state index is 0.0784. The Morgan fingerprint density at radius 1 is 1.50 bits per heavy atom. The molecule has 1 rings (SSSR count). The van der Waals surface area contributed by atoms with Crippen molar-refractivity contribution in [3.8, 4) is 5.75 Å². The molecule has 1 aromatic carbocycles. The van der Waals surface area contributed by atoms with Gasteiger partial charge in [0.2, 0.25) is 0 Å². The second-order valence-electron chi connectivity index (χ2n) is 3.18. The molecule has 0 fully saturated rings. The fourth-order valence-electron chi connectivity index (χ4n) is 1.40. The van der Waals surface area contributed by atoms with Crippen LogP contribution in [0.15, 0.2) is 12.1 Å². The van der Waals surface area contributed by atoms with Gasteiger partial charge in [-0.05, 0) is 31.7 Å². The van der Waals surface area contributed by atoms with Crippen molar-refractivity contribution in [1.29, 1.82) is 0 Å². The standard InChI is InChI=1S/C10H14ClNO2/c1-6-7(11)3-4-8(13)10(6)9(14)5-12-2/h3-4,9,12-14H,5H2,1-2H3. The van der Waals surface area contributed by atoms with Crippen LogP contribution >= 0.6 is 11.6 Å². The largest absolute Gasteiger partial charge is 0.508 e. The molecular formula is C10H14ClNO2. The van der Waals surface area contributed by atoms with Crippen LogP contribution in [-0.2, 0) is 0 Å². The molecule has 0 heterocycles. The number of phenols is 1. The van der Waals surface area contributed by atoms with Gasteiger partial charge >= 0.3 is 0 Å². The van der Waals surface area contributed by atoms with E-state index in [9.17, 15) is 10.2 Å². The van der Waals surface area contributed by atoms with E-state index in [4.69, 9.17) is 11.6 Å². The summed E-state index contributed by atoms with van der Waals surface area (Å²) >= 11 is 5.89. The summed E-state index contributed by atoms with van der Waals surface area (Å²) in [6.07, 6.45) is -0.737. The third-order valence-electron chi connectivity index (χ3n) is 2.16. The van der Waals surface area contributed by atoms with E-state index in [-0.39, 0.29) is 5.75 Å². The maximum Gasteiger partial charge on any atom is 0.121 e. The summed E-state index contributed by atoms with van der Waals surface area (Å²) in [5.41, 5.74) is 1.21. The van der Waals surface area contributed by atoms with Crippen LogP contribution in [0.25, 0.3) is 0 Å². The van der Waals surface area contributed by atoms with Crippen LogP contribution in [-0.4, -0.2) is 23.8 Å². The number of rotatable bonds is 3. The maximum atomic E-state index is 9.73. The predicted octanol–water partition coefficient (Wildman–Crippen LogP) is 1.61. The molecule has 0 aliphatic rings. The van der Waals surface area contributed by atoms with Gasteiger partial charge in [-0.15, -0.1) is 0 Å².